The number of aromatic nitrogens is 2. The van der Waals surface area contributed by atoms with E-state index in [2.05, 4.69) is 20.4 Å². The van der Waals surface area contributed by atoms with Crippen LogP contribution in [-0.4, -0.2) is 40.6 Å². The number of hydrogen-bond donors (Lipinski definition) is 1. The van der Waals surface area contributed by atoms with E-state index in [1.54, 1.807) is 24.3 Å². The minimum absolute atomic E-state index is 0.0294. The van der Waals surface area contributed by atoms with E-state index in [-0.39, 0.29) is 17.6 Å². The summed E-state index contributed by atoms with van der Waals surface area (Å²) in [5.74, 6) is 1.00. The van der Waals surface area contributed by atoms with Gasteiger partial charge in [0.15, 0.2) is 0 Å². The number of halogens is 2. The first-order valence-electron chi connectivity index (χ1n) is 10.9. The van der Waals surface area contributed by atoms with Crippen molar-refractivity contribution in [1.29, 1.82) is 0 Å². The number of nitrogens with one attached hydrogen (secondary N) is 1. The molecule has 0 radical (unpaired) electrons. The Morgan fingerprint density at radius 1 is 1.19 bits per heavy atom. The zero-order valence-electron chi connectivity index (χ0n) is 17.8. The first kappa shape index (κ1) is 22.4. The molecule has 1 amide bonds. The van der Waals surface area contributed by atoms with Gasteiger partial charge in [-0.05, 0) is 68.6 Å². The van der Waals surface area contributed by atoms with Gasteiger partial charge in [0.2, 0.25) is 17.6 Å². The maximum absolute atomic E-state index is 12.9. The molecular formula is C24H26ClFN4O2. The van der Waals surface area contributed by atoms with Crippen LogP contribution in [0.5, 0.6) is 0 Å². The lowest BCUT2D eigenvalue weighted by Gasteiger charge is -2.30. The van der Waals surface area contributed by atoms with Crippen molar-refractivity contribution in [1.82, 2.24) is 20.4 Å². The average molecular weight is 457 g/mol. The smallest absolute Gasteiger partial charge is 0.241 e. The van der Waals surface area contributed by atoms with Gasteiger partial charge in [0.1, 0.15) is 5.82 Å². The molecular weight excluding hydrogens is 431 g/mol. The molecule has 4 rings (SSSR count). The molecule has 8 heteroatoms. The Hall–Kier alpha value is -2.77. The molecule has 1 aromatic heterocycles. The molecule has 0 bridgehead atoms. The average Bonchev–Trinajstić information content (AvgIpc) is 3.27. The maximum Gasteiger partial charge on any atom is 0.241 e. The second-order valence-corrected chi connectivity index (χ2v) is 8.53. The third-order valence-electron chi connectivity index (χ3n) is 5.72. The predicted octanol–water partition coefficient (Wildman–Crippen LogP) is 4.49. The maximum atomic E-state index is 12.9. The zero-order valence-corrected chi connectivity index (χ0v) is 18.5. The number of carbonyl (C=O) groups is 1. The molecule has 0 spiro atoms. The highest BCUT2D eigenvalue weighted by molar-refractivity contribution is 6.30. The van der Waals surface area contributed by atoms with E-state index < -0.39 is 0 Å². The van der Waals surface area contributed by atoms with Gasteiger partial charge in [0, 0.05) is 23.0 Å². The molecule has 2 aromatic carbocycles. The third-order valence-corrected chi connectivity index (χ3v) is 5.96. The monoisotopic (exact) mass is 456 g/mol. The fraction of sp³-hybridized carbons (Fsp3) is 0.375. The van der Waals surface area contributed by atoms with Crippen molar-refractivity contribution in [2.45, 2.75) is 32.2 Å². The molecule has 6 nitrogen and oxygen atoms in total. The molecule has 1 aliphatic rings. The van der Waals surface area contributed by atoms with Gasteiger partial charge < -0.3 is 9.84 Å². The van der Waals surface area contributed by atoms with Gasteiger partial charge in [0.25, 0.3) is 0 Å². The summed E-state index contributed by atoms with van der Waals surface area (Å²) >= 11 is 6.03. The molecule has 0 atom stereocenters. The highest BCUT2D eigenvalue weighted by Crippen LogP contribution is 2.22. The summed E-state index contributed by atoms with van der Waals surface area (Å²) < 4.78 is 18.3. The Morgan fingerprint density at radius 3 is 2.72 bits per heavy atom. The molecule has 3 aromatic rings. The number of carbonyl (C=O) groups excluding carboxylic acids is 1. The van der Waals surface area contributed by atoms with E-state index in [1.807, 2.05) is 12.1 Å². The highest BCUT2D eigenvalue weighted by atomic mass is 35.5. The van der Waals surface area contributed by atoms with Crippen molar-refractivity contribution in [2.75, 3.05) is 19.6 Å². The largest absolute Gasteiger partial charge is 0.356 e. The van der Waals surface area contributed by atoms with Crippen LogP contribution in [0.2, 0.25) is 5.02 Å². The minimum atomic E-state index is -0.228. The van der Waals surface area contributed by atoms with Crippen molar-refractivity contribution < 1.29 is 13.7 Å². The lowest BCUT2D eigenvalue weighted by atomic mass is 9.96. The van der Waals surface area contributed by atoms with Crippen LogP contribution in [0.25, 0.3) is 11.4 Å². The van der Waals surface area contributed by atoms with E-state index >= 15 is 0 Å². The van der Waals surface area contributed by atoms with Crippen molar-refractivity contribution in [3.63, 3.8) is 0 Å². The predicted molar refractivity (Wildman–Crippen MR) is 120 cm³/mol. The van der Waals surface area contributed by atoms with E-state index in [9.17, 15) is 9.18 Å². The van der Waals surface area contributed by atoms with Gasteiger partial charge in [-0.3, -0.25) is 9.69 Å². The summed E-state index contributed by atoms with van der Waals surface area (Å²) in [7, 11) is 0. The number of piperidine rings is 1. The van der Waals surface area contributed by atoms with Crippen LogP contribution in [0.1, 0.15) is 30.7 Å². The number of benzene rings is 2. The summed E-state index contributed by atoms with van der Waals surface area (Å²) in [6.45, 7) is 2.81. The van der Waals surface area contributed by atoms with Gasteiger partial charge in [-0.1, -0.05) is 41.0 Å². The Morgan fingerprint density at radius 2 is 1.97 bits per heavy atom. The minimum Gasteiger partial charge on any atom is -0.356 e. The van der Waals surface area contributed by atoms with Crippen LogP contribution in [0.15, 0.2) is 53.1 Å². The van der Waals surface area contributed by atoms with Gasteiger partial charge in [-0.15, -0.1) is 0 Å². The van der Waals surface area contributed by atoms with Crippen LogP contribution in [0.4, 0.5) is 4.39 Å². The normalized spacial score (nSPS) is 15.1. The highest BCUT2D eigenvalue weighted by Gasteiger charge is 2.25. The molecule has 0 aliphatic carbocycles. The van der Waals surface area contributed by atoms with Gasteiger partial charge in [0.05, 0.1) is 6.54 Å². The molecule has 0 unspecified atom stereocenters. The number of hydrogen-bond acceptors (Lipinski definition) is 5. The Balaban J connectivity index is 1.17. The zero-order chi connectivity index (χ0) is 22.3. The van der Waals surface area contributed by atoms with Crippen molar-refractivity contribution in [2.24, 2.45) is 5.92 Å². The van der Waals surface area contributed by atoms with Crippen molar-refractivity contribution in [3.8, 4) is 11.4 Å². The van der Waals surface area contributed by atoms with Crippen LogP contribution in [-0.2, 0) is 17.8 Å². The molecule has 1 saturated heterocycles. The van der Waals surface area contributed by atoms with Crippen LogP contribution in [0, 0.1) is 11.7 Å². The number of rotatable bonds is 8. The van der Waals surface area contributed by atoms with Crippen molar-refractivity contribution in [3.05, 3.63) is 70.8 Å². The Bertz CT molecular complexity index is 1030. The lowest BCUT2D eigenvalue weighted by molar-refractivity contribution is -0.126. The molecule has 32 heavy (non-hydrogen) atoms. The summed E-state index contributed by atoms with van der Waals surface area (Å²) in [5.41, 5.74) is 1.90. The van der Waals surface area contributed by atoms with Crippen LogP contribution >= 0.6 is 11.6 Å². The molecule has 1 fully saturated rings. The molecule has 168 valence electrons. The molecule has 1 aliphatic heterocycles. The van der Waals surface area contributed by atoms with Gasteiger partial charge >= 0.3 is 0 Å². The number of amides is 1. The first-order valence-corrected chi connectivity index (χ1v) is 11.3. The molecule has 2 heterocycles. The van der Waals surface area contributed by atoms with E-state index in [4.69, 9.17) is 16.1 Å². The van der Waals surface area contributed by atoms with Gasteiger partial charge in [-0.25, -0.2) is 4.39 Å². The number of likely N-dealkylation sites (tertiary alicyclic amines) is 1. The summed E-state index contributed by atoms with van der Waals surface area (Å²) in [5, 5.41) is 7.72. The summed E-state index contributed by atoms with van der Waals surface area (Å²) in [6, 6.07) is 13.9. The van der Waals surface area contributed by atoms with E-state index in [0.717, 1.165) is 49.9 Å². The Kier molecular flexibility index (Phi) is 7.50. The van der Waals surface area contributed by atoms with Crippen LogP contribution < -0.4 is 5.32 Å². The fourth-order valence-corrected chi connectivity index (χ4v) is 4.10. The SMILES string of the molecule is O=C(NCCCc1ccc(F)cc1)C1CCN(Cc2nc(-c3cccc(Cl)c3)no2)CC1. The fourth-order valence-electron chi connectivity index (χ4n) is 3.91. The summed E-state index contributed by atoms with van der Waals surface area (Å²) in [4.78, 5) is 19.2. The van der Waals surface area contributed by atoms with E-state index in [1.165, 1.54) is 12.1 Å². The van der Waals surface area contributed by atoms with Crippen LogP contribution in [0.3, 0.4) is 0 Å². The van der Waals surface area contributed by atoms with E-state index in [0.29, 0.717) is 29.8 Å². The topological polar surface area (TPSA) is 71.3 Å². The third kappa shape index (κ3) is 6.14. The molecule has 0 saturated carbocycles. The quantitative estimate of drug-likeness (QED) is 0.506. The standard InChI is InChI=1S/C24H26ClFN4O2/c25-20-5-1-4-19(15-20)23-28-22(32-29-23)16-30-13-10-18(11-14-30)24(31)27-12-2-3-17-6-8-21(26)9-7-17/h1,4-9,15,18H,2-3,10-14,16H2,(H,27,31). The number of nitrogens with zero attached hydrogens (tertiary/aromatic N) is 3. The second-order valence-electron chi connectivity index (χ2n) is 8.09. The first-order chi connectivity index (χ1) is 15.6. The van der Waals surface area contributed by atoms with Crippen molar-refractivity contribution >= 4 is 17.5 Å². The lowest BCUT2D eigenvalue weighted by Crippen LogP contribution is -2.40. The molecule has 1 N–H and O–H groups in total. The summed E-state index contributed by atoms with van der Waals surface area (Å²) in [6.07, 6.45) is 3.26. The Labute approximate surface area is 191 Å². The second kappa shape index (κ2) is 10.7. The number of aryl methyl sites for hydroxylation is 1. The van der Waals surface area contributed by atoms with Gasteiger partial charge in [-0.2, -0.15) is 4.98 Å².